The van der Waals surface area contributed by atoms with E-state index in [0.717, 1.165) is 11.1 Å². The van der Waals surface area contributed by atoms with Gasteiger partial charge in [0.25, 0.3) is 5.56 Å². The summed E-state index contributed by atoms with van der Waals surface area (Å²) in [5, 5.41) is 10.0. The number of nitrogens with one attached hydrogen (secondary N) is 2. The lowest BCUT2D eigenvalue weighted by atomic mass is 10.1. The van der Waals surface area contributed by atoms with Crippen LogP contribution in [-0.4, -0.2) is 23.0 Å². The molecule has 0 bridgehead atoms. The Hall–Kier alpha value is -3.32. The van der Waals surface area contributed by atoms with Crippen LogP contribution in [0.5, 0.6) is 11.5 Å². The molecule has 8 heteroatoms. The Kier molecular flexibility index (Phi) is 6.86. The van der Waals surface area contributed by atoms with Gasteiger partial charge in [-0.3, -0.25) is 10.2 Å². The van der Waals surface area contributed by atoms with Gasteiger partial charge in [0.2, 0.25) is 0 Å². The first-order valence-electron chi connectivity index (χ1n) is 9.05. The Morgan fingerprint density at radius 1 is 1.21 bits per heavy atom. The van der Waals surface area contributed by atoms with Crippen molar-refractivity contribution in [2.24, 2.45) is 5.10 Å². The second kappa shape index (κ2) is 9.75. The quantitative estimate of drug-likeness (QED) is 0.428. The van der Waals surface area contributed by atoms with Crippen LogP contribution in [0.1, 0.15) is 23.6 Å². The van der Waals surface area contributed by atoms with Crippen LogP contribution in [0.15, 0.2) is 58.6 Å². The highest BCUT2D eigenvalue weighted by molar-refractivity contribution is 6.32. The number of aromatic amines is 1. The zero-order valence-electron chi connectivity index (χ0n) is 16.1. The van der Waals surface area contributed by atoms with Gasteiger partial charge in [0.15, 0.2) is 11.5 Å². The minimum Gasteiger partial charge on any atom is -0.490 e. The van der Waals surface area contributed by atoms with E-state index in [4.69, 9.17) is 21.1 Å². The number of benzene rings is 2. The van der Waals surface area contributed by atoms with Gasteiger partial charge in [-0.25, -0.2) is 5.10 Å². The normalized spacial score (nSPS) is 10.9. The molecule has 0 aliphatic heterocycles. The molecular formula is C21H21ClN4O3. The highest BCUT2D eigenvalue weighted by Crippen LogP contribution is 2.29. The Labute approximate surface area is 173 Å². The van der Waals surface area contributed by atoms with E-state index in [-0.39, 0.29) is 5.02 Å². The van der Waals surface area contributed by atoms with Crippen LogP contribution < -0.4 is 20.5 Å². The van der Waals surface area contributed by atoms with Gasteiger partial charge < -0.3 is 9.47 Å². The molecule has 0 atom stereocenters. The third kappa shape index (κ3) is 5.36. The molecule has 1 heterocycles. The Morgan fingerprint density at radius 3 is 2.83 bits per heavy atom. The number of aryl methyl sites for hydroxylation is 1. The third-order valence-corrected chi connectivity index (χ3v) is 4.48. The number of rotatable bonds is 8. The number of aromatic nitrogens is 2. The van der Waals surface area contributed by atoms with Crippen LogP contribution in [0.4, 0.5) is 5.69 Å². The average molecular weight is 413 g/mol. The molecule has 7 nitrogen and oxygen atoms in total. The molecule has 2 aromatic carbocycles. The molecule has 1 aromatic heterocycles. The van der Waals surface area contributed by atoms with Crippen LogP contribution in [0.2, 0.25) is 5.02 Å². The summed E-state index contributed by atoms with van der Waals surface area (Å²) in [6.07, 6.45) is 2.97. The van der Waals surface area contributed by atoms with Crippen LogP contribution in [0, 0.1) is 6.92 Å². The first-order valence-corrected chi connectivity index (χ1v) is 9.42. The third-order valence-electron chi connectivity index (χ3n) is 4.11. The number of hydrogen-bond acceptors (Lipinski definition) is 6. The summed E-state index contributed by atoms with van der Waals surface area (Å²) in [5.41, 5.74) is 5.62. The molecule has 0 radical (unpaired) electrons. The number of ether oxygens (including phenoxy) is 2. The fraction of sp³-hybridized carbons (Fsp3) is 0.190. The summed E-state index contributed by atoms with van der Waals surface area (Å²) in [6, 6.07) is 13.6. The van der Waals surface area contributed by atoms with Crippen molar-refractivity contribution in [3.05, 3.63) is 80.7 Å². The lowest BCUT2D eigenvalue weighted by Crippen LogP contribution is -2.10. The van der Waals surface area contributed by atoms with Gasteiger partial charge in [-0.2, -0.15) is 10.2 Å². The second-order valence-corrected chi connectivity index (χ2v) is 6.53. The molecule has 0 aliphatic carbocycles. The predicted octanol–water partition coefficient (Wildman–Crippen LogP) is 4.16. The molecule has 0 unspecified atom stereocenters. The average Bonchev–Trinajstić information content (AvgIpc) is 2.72. The number of hydrogen-bond donors (Lipinski definition) is 2. The van der Waals surface area contributed by atoms with E-state index in [1.807, 2.05) is 43.3 Å². The standard InChI is InChI=1S/C21H21ClN4O3/c1-3-28-19-10-15(11-23-25-17-12-24-26-21(27)20(17)22)8-9-18(19)29-13-16-7-5-4-6-14(16)2/h4-12H,3,13H2,1-2H3,(H2,25,26,27)/b23-11+. The van der Waals surface area contributed by atoms with Crippen LogP contribution in [0.25, 0.3) is 0 Å². The van der Waals surface area contributed by atoms with Crippen molar-refractivity contribution in [1.82, 2.24) is 10.2 Å². The molecule has 3 rings (SSSR count). The second-order valence-electron chi connectivity index (χ2n) is 6.15. The fourth-order valence-electron chi connectivity index (χ4n) is 2.56. The van der Waals surface area contributed by atoms with E-state index in [0.29, 0.717) is 30.4 Å². The van der Waals surface area contributed by atoms with Crippen LogP contribution in [-0.2, 0) is 6.61 Å². The van der Waals surface area contributed by atoms with Gasteiger partial charge in [-0.05, 0) is 48.7 Å². The Bertz CT molecular complexity index is 1070. The Morgan fingerprint density at radius 2 is 2.03 bits per heavy atom. The summed E-state index contributed by atoms with van der Waals surface area (Å²) in [7, 11) is 0. The Balaban J connectivity index is 1.72. The van der Waals surface area contributed by atoms with Crippen molar-refractivity contribution in [2.45, 2.75) is 20.5 Å². The van der Waals surface area contributed by atoms with Crippen LogP contribution in [0.3, 0.4) is 0 Å². The van der Waals surface area contributed by atoms with Gasteiger partial charge in [0.1, 0.15) is 17.3 Å². The minimum atomic E-state index is -0.486. The molecule has 0 saturated carbocycles. The molecule has 150 valence electrons. The van der Waals surface area contributed by atoms with Gasteiger partial charge >= 0.3 is 0 Å². The summed E-state index contributed by atoms with van der Waals surface area (Å²) in [4.78, 5) is 11.4. The lowest BCUT2D eigenvalue weighted by molar-refractivity contribution is 0.269. The van der Waals surface area contributed by atoms with E-state index in [1.165, 1.54) is 11.8 Å². The molecule has 0 amide bonds. The lowest BCUT2D eigenvalue weighted by Gasteiger charge is -2.13. The van der Waals surface area contributed by atoms with Crippen molar-refractivity contribution in [3.8, 4) is 11.5 Å². The summed E-state index contributed by atoms with van der Waals surface area (Å²) < 4.78 is 11.7. The van der Waals surface area contributed by atoms with Crippen molar-refractivity contribution in [1.29, 1.82) is 0 Å². The van der Waals surface area contributed by atoms with Crippen molar-refractivity contribution < 1.29 is 9.47 Å². The number of H-pyrrole nitrogens is 1. The topological polar surface area (TPSA) is 88.6 Å². The molecule has 0 saturated heterocycles. The molecule has 2 N–H and O–H groups in total. The van der Waals surface area contributed by atoms with E-state index in [2.05, 4.69) is 33.7 Å². The van der Waals surface area contributed by atoms with Crippen molar-refractivity contribution >= 4 is 23.5 Å². The maximum atomic E-state index is 11.4. The number of anilines is 1. The smallest absolute Gasteiger partial charge is 0.285 e. The molecule has 0 fully saturated rings. The molecule has 0 spiro atoms. The van der Waals surface area contributed by atoms with Gasteiger partial charge in [-0.15, -0.1) is 0 Å². The van der Waals surface area contributed by atoms with Gasteiger partial charge in [-0.1, -0.05) is 35.9 Å². The molecule has 0 aliphatic rings. The summed E-state index contributed by atoms with van der Waals surface area (Å²) >= 11 is 5.90. The van der Waals surface area contributed by atoms with Gasteiger partial charge in [0, 0.05) is 0 Å². The number of halogens is 1. The van der Waals surface area contributed by atoms with E-state index < -0.39 is 5.56 Å². The van der Waals surface area contributed by atoms with Crippen molar-refractivity contribution in [3.63, 3.8) is 0 Å². The highest BCUT2D eigenvalue weighted by atomic mass is 35.5. The van der Waals surface area contributed by atoms with Crippen LogP contribution >= 0.6 is 11.6 Å². The van der Waals surface area contributed by atoms with Crippen molar-refractivity contribution in [2.75, 3.05) is 12.0 Å². The maximum Gasteiger partial charge on any atom is 0.285 e. The first kappa shape index (κ1) is 20.4. The van der Waals surface area contributed by atoms with E-state index >= 15 is 0 Å². The maximum absolute atomic E-state index is 11.4. The number of nitrogens with zero attached hydrogens (tertiary/aromatic N) is 2. The van der Waals surface area contributed by atoms with E-state index in [9.17, 15) is 4.79 Å². The van der Waals surface area contributed by atoms with E-state index in [1.54, 1.807) is 6.21 Å². The molecular weight excluding hydrogens is 392 g/mol. The first-order chi connectivity index (χ1) is 14.1. The fourth-order valence-corrected chi connectivity index (χ4v) is 2.69. The zero-order valence-corrected chi connectivity index (χ0v) is 16.9. The predicted molar refractivity (Wildman–Crippen MR) is 114 cm³/mol. The SMILES string of the molecule is CCOc1cc(/C=N/Nc2cn[nH]c(=O)c2Cl)ccc1OCc1ccccc1C. The molecule has 3 aromatic rings. The number of hydrazone groups is 1. The summed E-state index contributed by atoms with van der Waals surface area (Å²) in [5.74, 6) is 1.28. The molecule has 29 heavy (non-hydrogen) atoms. The monoisotopic (exact) mass is 412 g/mol. The van der Waals surface area contributed by atoms with Gasteiger partial charge in [0.05, 0.1) is 19.0 Å². The zero-order chi connectivity index (χ0) is 20.6. The summed E-state index contributed by atoms with van der Waals surface area (Å²) in [6.45, 7) is 4.93. The highest BCUT2D eigenvalue weighted by Gasteiger charge is 2.08. The largest absolute Gasteiger partial charge is 0.490 e. The minimum absolute atomic E-state index is 0.00731.